The van der Waals surface area contributed by atoms with Crippen molar-refractivity contribution < 1.29 is 0 Å². The highest BCUT2D eigenvalue weighted by Crippen LogP contribution is 2.60. The van der Waals surface area contributed by atoms with Gasteiger partial charge in [0.15, 0.2) is 0 Å². The summed E-state index contributed by atoms with van der Waals surface area (Å²) in [6.07, 6.45) is 19.4. The Kier molecular flexibility index (Phi) is 6.90. The van der Waals surface area contributed by atoms with Gasteiger partial charge in [-0.15, -0.1) is 0 Å². The lowest BCUT2D eigenvalue weighted by molar-refractivity contribution is 0.749. The monoisotopic (exact) mass is 576 g/mol. The van der Waals surface area contributed by atoms with Crippen LogP contribution in [0.25, 0.3) is 34.4 Å². The third-order valence-electron chi connectivity index (χ3n) is 11.5. The lowest BCUT2D eigenvalue weighted by atomic mass is 9.96. The maximum Gasteiger partial charge on any atom is 0.115 e. The number of hydrogen-bond acceptors (Lipinski definition) is 0. The molecule has 0 N–H and O–H groups in total. The van der Waals surface area contributed by atoms with Gasteiger partial charge < -0.3 is 0 Å². The zero-order chi connectivity index (χ0) is 29.0. The van der Waals surface area contributed by atoms with Gasteiger partial charge in [-0.1, -0.05) is 170 Å². The normalized spacial score (nSPS) is 18.6. The Labute approximate surface area is 259 Å². The molecule has 0 saturated heterocycles. The van der Waals surface area contributed by atoms with Gasteiger partial charge in [-0.2, -0.15) is 0 Å². The van der Waals surface area contributed by atoms with E-state index in [4.69, 9.17) is 0 Å². The van der Waals surface area contributed by atoms with E-state index in [2.05, 4.69) is 111 Å². The summed E-state index contributed by atoms with van der Waals surface area (Å²) in [5.74, 6) is 0. The van der Waals surface area contributed by atoms with E-state index in [1.54, 1.807) is 11.1 Å². The first-order chi connectivity index (χ1) is 21.1. The Morgan fingerprint density at radius 2 is 0.930 bits per heavy atom. The van der Waals surface area contributed by atoms with Gasteiger partial charge in [0.25, 0.3) is 0 Å². The summed E-state index contributed by atoms with van der Waals surface area (Å²) < 4.78 is 0. The molecule has 0 spiro atoms. The smallest absolute Gasteiger partial charge is 0.0704 e. The van der Waals surface area contributed by atoms with Crippen LogP contribution in [0.5, 0.6) is 0 Å². The molecule has 0 aliphatic heterocycles. The van der Waals surface area contributed by atoms with Crippen LogP contribution in [0.2, 0.25) is 11.1 Å². The number of fused-ring (bicyclic) bond motifs is 2. The molecular weight excluding hydrogens is 533 g/mol. The van der Waals surface area contributed by atoms with Crippen molar-refractivity contribution in [2.45, 2.75) is 89.1 Å². The number of hydrogen-bond donors (Lipinski definition) is 0. The van der Waals surface area contributed by atoms with Crippen molar-refractivity contribution >= 4 is 20.2 Å². The molecule has 0 amide bonds. The predicted molar refractivity (Wildman–Crippen MR) is 187 cm³/mol. The van der Waals surface area contributed by atoms with E-state index in [1.165, 1.54) is 109 Å². The minimum absolute atomic E-state index is 0.890. The number of aryl methyl sites for hydroxylation is 2. The van der Waals surface area contributed by atoms with Crippen LogP contribution in [-0.2, 0) is 12.8 Å². The van der Waals surface area contributed by atoms with Gasteiger partial charge in [0.05, 0.1) is 0 Å². The van der Waals surface area contributed by atoms with E-state index in [0.29, 0.717) is 0 Å². The molecule has 216 valence electrons. The quantitative estimate of drug-likeness (QED) is 0.200. The molecule has 2 fully saturated rings. The van der Waals surface area contributed by atoms with Crippen LogP contribution in [0.4, 0.5) is 0 Å². The molecule has 0 bridgehead atoms. The average Bonchev–Trinajstić information content (AvgIpc) is 3.84. The highest BCUT2D eigenvalue weighted by Gasteiger charge is 2.55. The summed E-state index contributed by atoms with van der Waals surface area (Å²) in [6, 6.07) is 32.6. The molecular formula is C42H44Si. The highest BCUT2D eigenvalue weighted by atomic mass is 28.3. The summed E-state index contributed by atoms with van der Waals surface area (Å²) in [6.45, 7) is 4.45. The minimum Gasteiger partial charge on any atom is -0.0704 e. The van der Waals surface area contributed by atoms with Crippen LogP contribution in [0.15, 0.2) is 95.3 Å². The van der Waals surface area contributed by atoms with Gasteiger partial charge in [0.1, 0.15) is 8.07 Å². The Hall–Kier alpha value is -3.42. The van der Waals surface area contributed by atoms with Crippen molar-refractivity contribution in [3.8, 4) is 22.3 Å². The van der Waals surface area contributed by atoms with E-state index < -0.39 is 8.07 Å². The molecule has 4 aliphatic rings. The number of rotatable bonds is 6. The van der Waals surface area contributed by atoms with Crippen molar-refractivity contribution in [1.29, 1.82) is 0 Å². The largest absolute Gasteiger partial charge is 0.115 e. The fraction of sp³-hybridized carbons (Fsp3) is 0.333. The molecule has 1 heteroatoms. The molecule has 0 radical (unpaired) electrons. The standard InChI is InChI=1S/C42H44Si/c1-29-11-7-13-31(23-29)39-21-9-15-33-25-37(27-41(33)39)43(35-17-3-4-18-35,36-19-5-6-20-36)38-26-34-16-10-22-40(42(34)28-38)32-14-8-12-30(2)24-32/h7-16,21-24,27-28,35-36H,3-6,17-20,25-26H2,1-2H3. The molecule has 43 heavy (non-hydrogen) atoms. The second-order valence-electron chi connectivity index (χ2n) is 14.0. The Bertz CT molecular complexity index is 1620. The maximum atomic E-state index is 2.77. The Morgan fingerprint density at radius 1 is 0.512 bits per heavy atom. The zero-order valence-corrected chi connectivity index (χ0v) is 27.0. The van der Waals surface area contributed by atoms with E-state index >= 15 is 0 Å². The molecule has 4 aliphatic carbocycles. The molecule has 4 aromatic carbocycles. The summed E-state index contributed by atoms with van der Waals surface area (Å²) in [4.78, 5) is 0. The highest BCUT2D eigenvalue weighted by molar-refractivity contribution is 6.96. The third kappa shape index (κ3) is 4.54. The second-order valence-corrected chi connectivity index (χ2v) is 18.7. The number of allylic oxidation sites excluding steroid dienone is 2. The predicted octanol–water partition coefficient (Wildman–Crippen LogP) is 11.6. The molecule has 0 heterocycles. The van der Waals surface area contributed by atoms with Gasteiger partial charge >= 0.3 is 0 Å². The van der Waals surface area contributed by atoms with Crippen LogP contribution >= 0.6 is 0 Å². The van der Waals surface area contributed by atoms with Crippen LogP contribution in [0.1, 0.15) is 84.7 Å². The molecule has 0 aromatic heterocycles. The third-order valence-corrected chi connectivity index (χ3v) is 18.0. The molecule has 2 saturated carbocycles. The minimum atomic E-state index is -2.01. The van der Waals surface area contributed by atoms with Crippen molar-refractivity contribution in [1.82, 2.24) is 0 Å². The Balaban J connectivity index is 1.31. The van der Waals surface area contributed by atoms with E-state index in [0.717, 1.165) is 11.1 Å². The van der Waals surface area contributed by atoms with E-state index in [1.807, 2.05) is 10.4 Å². The van der Waals surface area contributed by atoms with Gasteiger partial charge in [-0.3, -0.25) is 0 Å². The summed E-state index contributed by atoms with van der Waals surface area (Å²) >= 11 is 0. The van der Waals surface area contributed by atoms with Gasteiger partial charge in [0.2, 0.25) is 0 Å². The van der Waals surface area contributed by atoms with Crippen LogP contribution in [-0.4, -0.2) is 8.07 Å². The fourth-order valence-electron chi connectivity index (χ4n) is 9.75. The fourth-order valence-corrected chi connectivity index (χ4v) is 17.3. The van der Waals surface area contributed by atoms with Crippen LogP contribution < -0.4 is 0 Å². The first-order valence-electron chi connectivity index (χ1n) is 16.9. The number of benzene rings is 4. The average molecular weight is 577 g/mol. The Morgan fingerprint density at radius 3 is 1.35 bits per heavy atom. The van der Waals surface area contributed by atoms with Crippen molar-refractivity contribution in [2.75, 3.05) is 0 Å². The summed E-state index contributed by atoms with van der Waals surface area (Å²) in [7, 11) is -2.01. The first-order valence-corrected chi connectivity index (χ1v) is 19.1. The zero-order valence-electron chi connectivity index (χ0n) is 26.0. The van der Waals surface area contributed by atoms with E-state index in [-0.39, 0.29) is 0 Å². The lowest BCUT2D eigenvalue weighted by Gasteiger charge is -2.45. The molecule has 0 nitrogen and oxygen atoms in total. The van der Waals surface area contributed by atoms with Crippen molar-refractivity contribution in [2.24, 2.45) is 0 Å². The lowest BCUT2D eigenvalue weighted by Crippen LogP contribution is -2.48. The van der Waals surface area contributed by atoms with Gasteiger partial charge in [-0.25, -0.2) is 0 Å². The molecule has 0 unspecified atom stereocenters. The summed E-state index contributed by atoms with van der Waals surface area (Å²) in [5.41, 5.74) is 16.3. The van der Waals surface area contributed by atoms with Crippen LogP contribution in [0.3, 0.4) is 0 Å². The molecule has 4 aromatic rings. The van der Waals surface area contributed by atoms with E-state index in [9.17, 15) is 0 Å². The molecule has 0 atom stereocenters. The van der Waals surface area contributed by atoms with Crippen molar-refractivity contribution in [3.05, 3.63) is 129 Å². The van der Waals surface area contributed by atoms with Gasteiger partial charge in [0, 0.05) is 0 Å². The van der Waals surface area contributed by atoms with Crippen LogP contribution in [0, 0.1) is 13.8 Å². The topological polar surface area (TPSA) is 0 Å². The van der Waals surface area contributed by atoms with Gasteiger partial charge in [-0.05, 0) is 82.3 Å². The molecule has 8 rings (SSSR count). The summed E-state index contributed by atoms with van der Waals surface area (Å²) in [5, 5.41) is 3.75. The maximum absolute atomic E-state index is 2.77. The van der Waals surface area contributed by atoms with Crippen molar-refractivity contribution in [3.63, 3.8) is 0 Å². The second kappa shape index (κ2) is 10.9. The SMILES string of the molecule is Cc1cccc(-c2cccc3c2C=C([Si](C2=Cc4c(cccc4-c4cccc(C)c4)C2)(C2CCCC2)C2CCCC2)C3)c1. The first kappa shape index (κ1) is 27.1.